The van der Waals surface area contributed by atoms with Crippen molar-refractivity contribution in [2.45, 2.75) is 33.1 Å². The van der Waals surface area contributed by atoms with Gasteiger partial charge in [-0.15, -0.1) is 0 Å². The SMILES string of the molecule is CCCCOc1ccc(C2=NNC(c3ccc(Cl)cc3)=Nc3ccc(CC)cc32)cc1. The highest BCUT2D eigenvalue weighted by molar-refractivity contribution is 6.30. The summed E-state index contributed by atoms with van der Waals surface area (Å²) in [4.78, 5) is 4.88. The highest BCUT2D eigenvalue weighted by Crippen LogP contribution is 2.28. The molecule has 0 atom stereocenters. The van der Waals surface area contributed by atoms with Crippen LogP contribution in [0.4, 0.5) is 5.69 Å². The molecule has 1 heterocycles. The average Bonchev–Trinajstić information content (AvgIpc) is 2.99. The first-order chi connectivity index (χ1) is 15.2. The normalized spacial score (nSPS) is 12.9. The number of halogens is 1. The molecule has 0 amide bonds. The van der Waals surface area contributed by atoms with Crippen molar-refractivity contribution in [1.82, 2.24) is 5.43 Å². The van der Waals surface area contributed by atoms with Crippen LogP contribution in [0.15, 0.2) is 76.8 Å². The van der Waals surface area contributed by atoms with Crippen LogP contribution in [0.5, 0.6) is 5.75 Å². The lowest BCUT2D eigenvalue weighted by Gasteiger charge is -2.11. The van der Waals surface area contributed by atoms with Crippen LogP contribution >= 0.6 is 11.6 Å². The van der Waals surface area contributed by atoms with Gasteiger partial charge in [0.15, 0.2) is 5.84 Å². The Labute approximate surface area is 188 Å². The highest BCUT2D eigenvalue weighted by Gasteiger charge is 2.18. The number of amidine groups is 1. The van der Waals surface area contributed by atoms with Crippen molar-refractivity contribution in [2.75, 3.05) is 6.61 Å². The van der Waals surface area contributed by atoms with Crippen molar-refractivity contribution in [3.05, 3.63) is 94.0 Å². The second-order valence-corrected chi connectivity index (χ2v) is 7.91. The third-order valence-corrected chi connectivity index (χ3v) is 5.49. The molecule has 3 aromatic carbocycles. The van der Waals surface area contributed by atoms with E-state index in [0.29, 0.717) is 10.9 Å². The molecule has 0 aromatic heterocycles. The van der Waals surface area contributed by atoms with E-state index in [1.54, 1.807) is 0 Å². The molecule has 0 radical (unpaired) electrons. The molecule has 0 bridgehead atoms. The van der Waals surface area contributed by atoms with Crippen LogP contribution in [-0.4, -0.2) is 18.2 Å². The van der Waals surface area contributed by atoms with E-state index < -0.39 is 0 Å². The maximum absolute atomic E-state index is 6.06. The Morgan fingerprint density at radius 1 is 0.903 bits per heavy atom. The Hall–Kier alpha value is -3.11. The van der Waals surface area contributed by atoms with E-state index in [1.807, 2.05) is 36.4 Å². The zero-order valence-corrected chi connectivity index (χ0v) is 18.6. The van der Waals surface area contributed by atoms with Gasteiger partial charge in [0.05, 0.1) is 18.0 Å². The summed E-state index contributed by atoms with van der Waals surface area (Å²) in [6, 6.07) is 22.1. The predicted octanol–water partition coefficient (Wildman–Crippen LogP) is 6.52. The van der Waals surface area contributed by atoms with E-state index in [0.717, 1.165) is 59.7 Å². The minimum Gasteiger partial charge on any atom is -0.494 e. The Morgan fingerprint density at radius 3 is 2.35 bits per heavy atom. The van der Waals surface area contributed by atoms with Crippen molar-refractivity contribution in [3.8, 4) is 5.75 Å². The zero-order chi connectivity index (χ0) is 21.6. The Bertz CT molecular complexity index is 1100. The molecule has 1 aliphatic rings. The summed E-state index contributed by atoms with van der Waals surface area (Å²) in [5.74, 6) is 1.57. The molecule has 0 aliphatic carbocycles. The predicted molar refractivity (Wildman–Crippen MR) is 129 cm³/mol. The number of unbranched alkanes of at least 4 members (excludes halogenated alkanes) is 1. The lowest BCUT2D eigenvalue weighted by Crippen LogP contribution is -2.19. The number of aliphatic imine (C=N–C) groups is 1. The van der Waals surface area contributed by atoms with E-state index in [9.17, 15) is 0 Å². The molecule has 3 aromatic rings. The van der Waals surface area contributed by atoms with Crippen molar-refractivity contribution < 1.29 is 4.74 Å². The van der Waals surface area contributed by atoms with Crippen LogP contribution in [0.2, 0.25) is 5.02 Å². The maximum Gasteiger partial charge on any atom is 0.154 e. The molecule has 0 saturated heterocycles. The Kier molecular flexibility index (Phi) is 6.68. The standard InChI is InChI=1S/C26H26ClN3O/c1-3-5-16-31-22-13-9-19(10-14-22)25-23-17-18(4-2)6-15-24(23)28-26(30-29-25)20-7-11-21(27)12-8-20/h6-15,17H,3-5,16H2,1-2H3,(H,28,30). The molecular weight excluding hydrogens is 406 g/mol. The van der Waals surface area contributed by atoms with E-state index >= 15 is 0 Å². The van der Waals surface area contributed by atoms with Crippen LogP contribution in [0.25, 0.3) is 0 Å². The fourth-order valence-corrected chi connectivity index (χ4v) is 3.53. The molecule has 31 heavy (non-hydrogen) atoms. The first-order valence-corrected chi connectivity index (χ1v) is 11.1. The number of ether oxygens (including phenoxy) is 1. The van der Waals surface area contributed by atoms with Gasteiger partial charge in [0.25, 0.3) is 0 Å². The van der Waals surface area contributed by atoms with Gasteiger partial charge in [0.1, 0.15) is 5.75 Å². The van der Waals surface area contributed by atoms with Crippen LogP contribution in [0.3, 0.4) is 0 Å². The zero-order valence-electron chi connectivity index (χ0n) is 17.9. The molecule has 5 heteroatoms. The number of benzene rings is 3. The smallest absolute Gasteiger partial charge is 0.154 e. The summed E-state index contributed by atoms with van der Waals surface area (Å²) in [6.07, 6.45) is 3.12. The summed E-state index contributed by atoms with van der Waals surface area (Å²) in [5.41, 5.74) is 9.11. The maximum atomic E-state index is 6.06. The molecule has 1 N–H and O–H groups in total. The number of rotatable bonds is 7. The van der Waals surface area contributed by atoms with Gasteiger partial charge in [-0.1, -0.05) is 37.9 Å². The topological polar surface area (TPSA) is 46.0 Å². The number of fused-ring (bicyclic) bond motifs is 1. The lowest BCUT2D eigenvalue weighted by atomic mass is 9.98. The van der Waals surface area contributed by atoms with Gasteiger partial charge < -0.3 is 4.74 Å². The van der Waals surface area contributed by atoms with Crippen LogP contribution in [-0.2, 0) is 6.42 Å². The lowest BCUT2D eigenvalue weighted by molar-refractivity contribution is 0.309. The number of nitrogens with one attached hydrogen (secondary N) is 1. The summed E-state index contributed by atoms with van der Waals surface area (Å²) in [5, 5.41) is 5.45. The number of hydrogen-bond acceptors (Lipinski definition) is 4. The van der Waals surface area contributed by atoms with Gasteiger partial charge in [-0.2, -0.15) is 5.10 Å². The minimum atomic E-state index is 0.691. The van der Waals surface area contributed by atoms with Gasteiger partial charge in [-0.05, 0) is 79.1 Å². The van der Waals surface area contributed by atoms with E-state index in [4.69, 9.17) is 26.4 Å². The first kappa shape index (κ1) is 21.1. The molecule has 158 valence electrons. The molecule has 0 saturated carbocycles. The fourth-order valence-electron chi connectivity index (χ4n) is 3.41. The van der Waals surface area contributed by atoms with E-state index in [1.165, 1.54) is 5.56 Å². The average molecular weight is 432 g/mol. The molecule has 0 spiro atoms. The largest absolute Gasteiger partial charge is 0.494 e. The molecular formula is C26H26ClN3O. The van der Waals surface area contributed by atoms with Crippen molar-refractivity contribution >= 4 is 28.8 Å². The fraction of sp³-hybridized carbons (Fsp3) is 0.231. The quantitative estimate of drug-likeness (QED) is 0.433. The van der Waals surface area contributed by atoms with E-state index in [2.05, 4.69) is 49.6 Å². The van der Waals surface area contributed by atoms with Crippen LogP contribution < -0.4 is 10.2 Å². The number of nitrogens with zero attached hydrogens (tertiary/aromatic N) is 2. The Morgan fingerprint density at radius 2 is 1.65 bits per heavy atom. The van der Waals surface area contributed by atoms with Crippen LogP contribution in [0.1, 0.15) is 48.9 Å². The molecule has 4 nitrogen and oxygen atoms in total. The summed E-state index contributed by atoms with van der Waals surface area (Å²) >= 11 is 6.06. The second kappa shape index (κ2) is 9.80. The highest BCUT2D eigenvalue weighted by atomic mass is 35.5. The van der Waals surface area contributed by atoms with Gasteiger partial charge in [0, 0.05) is 21.7 Å². The molecule has 0 unspecified atom stereocenters. The second-order valence-electron chi connectivity index (χ2n) is 7.47. The van der Waals surface area contributed by atoms with E-state index in [-0.39, 0.29) is 0 Å². The third-order valence-electron chi connectivity index (χ3n) is 5.24. The number of aryl methyl sites for hydroxylation is 1. The summed E-state index contributed by atoms with van der Waals surface area (Å²) in [7, 11) is 0. The van der Waals surface area contributed by atoms with Crippen molar-refractivity contribution in [2.24, 2.45) is 10.1 Å². The monoisotopic (exact) mass is 431 g/mol. The van der Waals surface area contributed by atoms with Crippen molar-refractivity contribution in [1.29, 1.82) is 0 Å². The van der Waals surface area contributed by atoms with Gasteiger partial charge in [0.2, 0.25) is 0 Å². The number of hydrazone groups is 1. The Balaban J connectivity index is 1.71. The molecule has 4 rings (SSSR count). The summed E-state index contributed by atoms with van der Waals surface area (Å²) in [6.45, 7) is 5.05. The summed E-state index contributed by atoms with van der Waals surface area (Å²) < 4.78 is 5.82. The van der Waals surface area contributed by atoms with Gasteiger partial charge in [-0.3, -0.25) is 5.43 Å². The third kappa shape index (κ3) is 4.97. The minimum absolute atomic E-state index is 0.691. The van der Waals surface area contributed by atoms with Crippen molar-refractivity contribution in [3.63, 3.8) is 0 Å². The molecule has 0 fully saturated rings. The van der Waals surface area contributed by atoms with Gasteiger partial charge in [-0.25, -0.2) is 4.99 Å². The molecule has 1 aliphatic heterocycles. The first-order valence-electron chi connectivity index (χ1n) is 10.7. The number of hydrogen-bond donors (Lipinski definition) is 1. The van der Waals surface area contributed by atoms with Crippen LogP contribution in [0, 0.1) is 0 Å². The van der Waals surface area contributed by atoms with Gasteiger partial charge >= 0.3 is 0 Å².